The number of carbonyl (C=O) groups excluding carboxylic acids is 2. The van der Waals surface area contributed by atoms with Crippen LogP contribution < -0.4 is 26.1 Å². The summed E-state index contributed by atoms with van der Waals surface area (Å²) in [7, 11) is 2.84. The molecule has 2 aromatic rings. The number of nitrogens with zero attached hydrogens (tertiary/aromatic N) is 1. The van der Waals surface area contributed by atoms with E-state index >= 15 is 0 Å². The quantitative estimate of drug-likeness (QED) is 0.798. The van der Waals surface area contributed by atoms with Crippen molar-refractivity contribution in [2.75, 3.05) is 20.0 Å². The highest BCUT2D eigenvalue weighted by atomic mass is 35.5. The van der Waals surface area contributed by atoms with Gasteiger partial charge in [0.2, 0.25) is 0 Å². The highest BCUT2D eigenvalue weighted by Crippen LogP contribution is 2.36. The third kappa shape index (κ3) is 2.19. The van der Waals surface area contributed by atoms with Crippen LogP contribution in [0.3, 0.4) is 0 Å². The summed E-state index contributed by atoms with van der Waals surface area (Å²) in [6, 6.07) is 3.96. The van der Waals surface area contributed by atoms with E-state index in [9.17, 15) is 14.4 Å². The molecule has 1 aliphatic heterocycles. The number of rotatable bonds is 3. The van der Waals surface area contributed by atoms with Crippen LogP contribution in [0.4, 0.5) is 5.82 Å². The van der Waals surface area contributed by atoms with Crippen molar-refractivity contribution in [3.63, 3.8) is 0 Å². The number of nitrogens with two attached hydrogens (primary N) is 1. The number of carbonyl (C=O) groups is 2. The highest BCUT2D eigenvalue weighted by Gasteiger charge is 2.32. The van der Waals surface area contributed by atoms with Crippen LogP contribution in [-0.4, -0.2) is 30.6 Å². The number of nitrogen functional groups attached to an aromatic ring is 1. The lowest BCUT2D eigenvalue weighted by Crippen LogP contribution is -2.24. The Morgan fingerprint density at radius 2 is 1.71 bits per heavy atom. The summed E-state index contributed by atoms with van der Waals surface area (Å²) in [4.78, 5) is 36.0. The Bertz CT molecular complexity index is 951. The second kappa shape index (κ2) is 5.57. The van der Waals surface area contributed by atoms with E-state index in [0.717, 1.165) is 10.6 Å². The predicted molar refractivity (Wildman–Crippen MR) is 86.4 cm³/mol. The summed E-state index contributed by atoms with van der Waals surface area (Å²) in [5.74, 6) is -0.904. The fourth-order valence-corrected chi connectivity index (χ4v) is 2.78. The topological polar surface area (TPSA) is 113 Å². The molecule has 0 unspecified atom stereocenters. The van der Waals surface area contributed by atoms with Gasteiger partial charge >= 0.3 is 0 Å². The molecule has 24 heavy (non-hydrogen) atoms. The predicted octanol–water partition coefficient (Wildman–Crippen LogP) is 0.974. The fraction of sp³-hybridized carbons (Fsp3) is 0.133. The van der Waals surface area contributed by atoms with Gasteiger partial charge in [0, 0.05) is 12.1 Å². The Hall–Kier alpha value is -3.00. The second-order valence-electron chi connectivity index (χ2n) is 4.93. The molecular weight excluding hydrogens is 338 g/mol. The number of aromatic nitrogens is 1. The molecule has 0 atom stereocenters. The van der Waals surface area contributed by atoms with Crippen LogP contribution >= 0.6 is 11.6 Å². The van der Waals surface area contributed by atoms with Crippen molar-refractivity contribution in [1.82, 2.24) is 9.88 Å². The Morgan fingerprint density at radius 1 is 1.04 bits per heavy atom. The number of hydrogen-bond acceptors (Lipinski definition) is 6. The number of imide groups is 1. The summed E-state index contributed by atoms with van der Waals surface area (Å²) >= 11 is 6.11. The van der Waals surface area contributed by atoms with Gasteiger partial charge in [-0.3, -0.25) is 24.3 Å². The smallest absolute Gasteiger partial charge is 0.262 e. The number of pyridine rings is 1. The van der Waals surface area contributed by atoms with E-state index in [1.165, 1.54) is 26.4 Å². The van der Waals surface area contributed by atoms with Crippen molar-refractivity contribution in [2.24, 2.45) is 0 Å². The van der Waals surface area contributed by atoms with Crippen molar-refractivity contribution in [3.05, 3.63) is 44.7 Å². The maximum Gasteiger partial charge on any atom is 0.262 e. The van der Waals surface area contributed by atoms with Crippen LogP contribution in [0.25, 0.3) is 5.69 Å². The van der Waals surface area contributed by atoms with Gasteiger partial charge in [0.25, 0.3) is 17.4 Å². The molecule has 2 amide bonds. The average Bonchev–Trinajstić information content (AvgIpc) is 2.82. The molecule has 3 N–H and O–H groups in total. The molecule has 8 nitrogen and oxygen atoms in total. The number of fused-ring (bicyclic) bond motifs is 1. The SMILES string of the molecule is COc1cc(OC)c(-n2c(N)c3c(cc2=O)C(=O)NC3=O)cc1Cl. The number of halogens is 1. The van der Waals surface area contributed by atoms with Gasteiger partial charge in [-0.1, -0.05) is 11.6 Å². The monoisotopic (exact) mass is 349 g/mol. The summed E-state index contributed by atoms with van der Waals surface area (Å²) in [6.45, 7) is 0. The van der Waals surface area contributed by atoms with Crippen molar-refractivity contribution >= 4 is 29.2 Å². The minimum atomic E-state index is -0.667. The normalized spacial score (nSPS) is 12.8. The molecule has 0 spiro atoms. The lowest BCUT2D eigenvalue weighted by molar-refractivity contribution is 0.0880. The molecule has 3 rings (SSSR count). The van der Waals surface area contributed by atoms with Crippen LogP contribution in [0.1, 0.15) is 20.7 Å². The van der Waals surface area contributed by atoms with Gasteiger partial charge in [-0.25, -0.2) is 0 Å². The lowest BCUT2D eigenvalue weighted by atomic mass is 10.1. The number of nitrogens with one attached hydrogen (secondary N) is 1. The van der Waals surface area contributed by atoms with E-state index in [4.69, 9.17) is 26.8 Å². The maximum atomic E-state index is 12.4. The summed E-state index contributed by atoms with van der Waals surface area (Å²) in [6.07, 6.45) is 0. The van der Waals surface area contributed by atoms with Crippen LogP contribution in [0, 0.1) is 0 Å². The zero-order valence-corrected chi connectivity index (χ0v) is 13.4. The summed E-state index contributed by atoms with van der Waals surface area (Å²) in [5.41, 5.74) is 5.49. The number of anilines is 1. The number of benzene rings is 1. The molecular formula is C15H12ClN3O5. The average molecular weight is 350 g/mol. The Labute approximate surface area is 140 Å². The van der Waals surface area contributed by atoms with Crippen molar-refractivity contribution < 1.29 is 19.1 Å². The van der Waals surface area contributed by atoms with Crippen molar-refractivity contribution in [1.29, 1.82) is 0 Å². The Balaban J connectivity index is 2.35. The van der Waals surface area contributed by atoms with Crippen molar-refractivity contribution in [3.8, 4) is 17.2 Å². The molecule has 124 valence electrons. The van der Waals surface area contributed by atoms with Gasteiger partial charge in [-0.05, 0) is 6.07 Å². The molecule has 0 saturated carbocycles. The minimum absolute atomic E-state index is 0.0580. The molecule has 1 aliphatic rings. The third-order valence-electron chi connectivity index (χ3n) is 3.65. The van der Waals surface area contributed by atoms with E-state index in [2.05, 4.69) is 5.32 Å². The Morgan fingerprint density at radius 3 is 2.33 bits per heavy atom. The lowest BCUT2D eigenvalue weighted by Gasteiger charge is -2.16. The summed E-state index contributed by atoms with van der Waals surface area (Å²) in [5, 5.41) is 2.32. The van der Waals surface area contributed by atoms with E-state index < -0.39 is 17.4 Å². The molecule has 0 radical (unpaired) electrons. The molecule has 2 heterocycles. The molecule has 0 bridgehead atoms. The van der Waals surface area contributed by atoms with Gasteiger partial charge in [0.05, 0.1) is 36.1 Å². The van der Waals surface area contributed by atoms with Gasteiger partial charge in [-0.2, -0.15) is 0 Å². The van der Waals surface area contributed by atoms with Gasteiger partial charge in [0.15, 0.2) is 0 Å². The van der Waals surface area contributed by atoms with Gasteiger partial charge in [0.1, 0.15) is 17.3 Å². The molecule has 9 heteroatoms. The third-order valence-corrected chi connectivity index (χ3v) is 3.94. The second-order valence-corrected chi connectivity index (χ2v) is 5.34. The van der Waals surface area contributed by atoms with Gasteiger partial charge in [-0.15, -0.1) is 0 Å². The fourth-order valence-electron chi connectivity index (χ4n) is 2.55. The van der Waals surface area contributed by atoms with Crippen LogP contribution in [0.15, 0.2) is 23.0 Å². The first-order valence-electron chi connectivity index (χ1n) is 6.72. The first-order valence-corrected chi connectivity index (χ1v) is 7.10. The highest BCUT2D eigenvalue weighted by molar-refractivity contribution is 6.32. The van der Waals surface area contributed by atoms with Crippen LogP contribution in [0.5, 0.6) is 11.5 Å². The number of hydrogen-bond donors (Lipinski definition) is 2. The number of ether oxygens (including phenoxy) is 2. The standard InChI is InChI=1S/C15H12ClN3O5/c1-23-9-5-10(24-2)8(4-7(9)16)19-11(20)3-6-12(13(19)17)15(22)18-14(6)21/h3-5H,17H2,1-2H3,(H,18,21,22). The molecule has 1 aromatic heterocycles. The summed E-state index contributed by atoms with van der Waals surface area (Å²) < 4.78 is 11.4. The Kier molecular flexibility index (Phi) is 3.69. The number of methoxy groups -OCH3 is 2. The van der Waals surface area contributed by atoms with E-state index in [1.54, 1.807) is 0 Å². The van der Waals surface area contributed by atoms with Gasteiger partial charge < -0.3 is 15.2 Å². The van der Waals surface area contributed by atoms with E-state index in [0.29, 0.717) is 5.75 Å². The van der Waals surface area contributed by atoms with Crippen LogP contribution in [-0.2, 0) is 0 Å². The zero-order chi connectivity index (χ0) is 17.6. The first-order chi connectivity index (χ1) is 11.4. The molecule has 1 aromatic carbocycles. The maximum absolute atomic E-state index is 12.4. The number of amides is 2. The molecule has 0 aliphatic carbocycles. The van der Waals surface area contributed by atoms with Crippen LogP contribution in [0.2, 0.25) is 5.02 Å². The van der Waals surface area contributed by atoms with Crippen molar-refractivity contribution in [2.45, 2.75) is 0 Å². The first kappa shape index (κ1) is 15.9. The molecule has 0 fully saturated rings. The molecule has 0 saturated heterocycles. The van der Waals surface area contributed by atoms with E-state index in [1.807, 2.05) is 0 Å². The largest absolute Gasteiger partial charge is 0.495 e. The van der Waals surface area contributed by atoms with E-state index in [-0.39, 0.29) is 33.4 Å². The zero-order valence-electron chi connectivity index (χ0n) is 12.7. The minimum Gasteiger partial charge on any atom is -0.495 e.